The number of aliphatic hydroxyl groups is 1. The van der Waals surface area contributed by atoms with Gasteiger partial charge in [0.05, 0.1) is 12.6 Å². The van der Waals surface area contributed by atoms with E-state index in [-0.39, 0.29) is 88.4 Å². The predicted molar refractivity (Wildman–Crippen MR) is 251 cm³/mol. The van der Waals surface area contributed by atoms with Gasteiger partial charge in [-0.05, 0) is 69.4 Å². The highest BCUT2D eigenvalue weighted by Gasteiger charge is 2.33. The van der Waals surface area contributed by atoms with Crippen LogP contribution in [0.15, 0.2) is 45.4 Å². The molecule has 0 saturated carbocycles. The Kier molecular flexibility index (Phi) is 23.9. The van der Waals surface area contributed by atoms with Crippen molar-refractivity contribution >= 4 is 70.2 Å². The highest BCUT2D eigenvalue weighted by atomic mass is 16.4. The van der Waals surface area contributed by atoms with E-state index < -0.39 is 90.3 Å². The van der Waals surface area contributed by atoms with Gasteiger partial charge < -0.3 is 87.2 Å². The number of carboxylic acids is 1. The number of aliphatic imine (C=N–C) groups is 3. The molecule has 0 spiro atoms. The predicted octanol–water partition coefficient (Wildman–Crippen LogP) is -4.75. The zero-order chi connectivity index (χ0) is 50.2. The number of nitrogens with zero attached hydrogens (tertiary/aromatic N) is 3. The first kappa shape index (κ1) is 55.9. The molecule has 0 saturated heterocycles. The number of nitrogens with two attached hydrogens (primary N) is 7. The number of H-pyrrole nitrogens is 1. The van der Waals surface area contributed by atoms with Gasteiger partial charge in [0.1, 0.15) is 36.3 Å². The molecule has 0 bridgehead atoms. The number of carbonyl (C=O) groups excluding carboxylic acids is 6. The third-order valence-corrected chi connectivity index (χ3v) is 10.1. The molecule has 0 radical (unpaired) electrons. The van der Waals surface area contributed by atoms with Gasteiger partial charge in [0.15, 0.2) is 17.9 Å². The Hall–Kier alpha value is -7.22. The SMILES string of the molecule is CC(C)C[C@H](NC(=O)[C@H](CCCN=C(N)N)NC(=O)[C@@H](N)CCCN=C(N)N)C(=O)N[C@@H](CCCN=C(N)N)C(=O)N[C@@H](C)C(=O)N[C@@H](CO)C(=O)N[C@@H](Cc1c[nH]c2ccccc12)C(=O)O. The summed E-state index contributed by atoms with van der Waals surface area (Å²) >= 11 is 0. The van der Waals surface area contributed by atoms with Gasteiger partial charge in [-0.1, -0.05) is 32.0 Å². The van der Waals surface area contributed by atoms with Crippen LogP contribution in [0.25, 0.3) is 10.9 Å². The van der Waals surface area contributed by atoms with Gasteiger partial charge in [0, 0.05) is 43.2 Å². The number of benzene rings is 1. The number of carbonyl (C=O) groups is 7. The molecule has 0 fully saturated rings. The lowest BCUT2D eigenvalue weighted by molar-refractivity contribution is -0.142. The van der Waals surface area contributed by atoms with Crippen LogP contribution in [0.1, 0.15) is 71.3 Å². The molecule has 2 rings (SSSR count). The van der Waals surface area contributed by atoms with Crippen LogP contribution in [-0.4, -0.2) is 143 Å². The number of guanidine groups is 3. The summed E-state index contributed by atoms with van der Waals surface area (Å²) in [6, 6.07) is -2.01. The maximum atomic E-state index is 14.0. The van der Waals surface area contributed by atoms with Crippen LogP contribution in [0.3, 0.4) is 0 Å². The fourth-order valence-corrected chi connectivity index (χ4v) is 6.58. The minimum absolute atomic E-state index is 0.0464. The number of para-hydroxylation sites is 1. The largest absolute Gasteiger partial charge is 0.480 e. The zero-order valence-corrected chi connectivity index (χ0v) is 38.1. The summed E-state index contributed by atoms with van der Waals surface area (Å²) in [5.74, 6) is -6.95. The summed E-state index contributed by atoms with van der Waals surface area (Å²) in [6.07, 6.45) is 2.58. The minimum atomic E-state index is -1.61. The molecular formula is C41H69N17O9. The second kappa shape index (κ2) is 28.6. The molecule has 26 heteroatoms. The van der Waals surface area contributed by atoms with Gasteiger partial charge >= 0.3 is 5.97 Å². The number of nitrogens with one attached hydrogen (secondary N) is 7. The van der Waals surface area contributed by atoms with Gasteiger partial charge in [0.25, 0.3) is 0 Å². The minimum Gasteiger partial charge on any atom is -0.480 e. The van der Waals surface area contributed by atoms with Crippen LogP contribution in [0.5, 0.6) is 0 Å². The number of fused-ring (bicyclic) bond motifs is 1. The lowest BCUT2D eigenvalue weighted by atomic mass is 10.0. The molecule has 1 heterocycles. The summed E-state index contributed by atoms with van der Waals surface area (Å²) in [5, 5.41) is 35.8. The van der Waals surface area contributed by atoms with Gasteiger partial charge in [0.2, 0.25) is 35.4 Å². The Labute approximate surface area is 387 Å². The van der Waals surface area contributed by atoms with Gasteiger partial charge in [-0.15, -0.1) is 0 Å². The topological polar surface area (TPSA) is 467 Å². The summed E-state index contributed by atoms with van der Waals surface area (Å²) in [5.41, 5.74) is 40.0. The van der Waals surface area contributed by atoms with Crippen LogP contribution in [0, 0.1) is 5.92 Å². The molecular weight excluding hydrogens is 875 g/mol. The first-order valence-corrected chi connectivity index (χ1v) is 21.8. The first-order valence-electron chi connectivity index (χ1n) is 21.8. The van der Waals surface area contributed by atoms with Crippen molar-refractivity contribution in [3.05, 3.63) is 36.0 Å². The molecule has 372 valence electrons. The number of carboxylic acid groups (broad SMARTS) is 1. The fourth-order valence-electron chi connectivity index (χ4n) is 6.58. The molecule has 6 amide bonds. The molecule has 7 atom stereocenters. The Balaban J connectivity index is 2.23. The second-order valence-corrected chi connectivity index (χ2v) is 16.2. The van der Waals surface area contributed by atoms with Crippen LogP contribution >= 0.6 is 0 Å². The highest BCUT2D eigenvalue weighted by Crippen LogP contribution is 2.19. The van der Waals surface area contributed by atoms with E-state index in [1.54, 1.807) is 44.3 Å². The maximum absolute atomic E-state index is 14.0. The fraction of sp³-hybridized carbons (Fsp3) is 0.561. The molecule has 0 unspecified atom stereocenters. The molecule has 2 aromatic rings. The lowest BCUT2D eigenvalue weighted by Crippen LogP contribution is -2.60. The second-order valence-electron chi connectivity index (χ2n) is 16.2. The molecule has 1 aromatic carbocycles. The number of hydrogen-bond donors (Lipinski definition) is 16. The van der Waals surface area contributed by atoms with Crippen molar-refractivity contribution in [3.8, 4) is 0 Å². The third-order valence-electron chi connectivity index (χ3n) is 10.1. The highest BCUT2D eigenvalue weighted by molar-refractivity contribution is 5.97. The van der Waals surface area contributed by atoms with Crippen LogP contribution in [0.2, 0.25) is 0 Å². The van der Waals surface area contributed by atoms with E-state index in [1.165, 1.54) is 6.92 Å². The Morgan fingerprint density at radius 2 is 1.04 bits per heavy atom. The summed E-state index contributed by atoms with van der Waals surface area (Å²) < 4.78 is 0. The average Bonchev–Trinajstić information content (AvgIpc) is 3.67. The summed E-state index contributed by atoms with van der Waals surface area (Å²) in [4.78, 5) is 108. The average molecular weight is 944 g/mol. The number of rotatable bonds is 30. The van der Waals surface area contributed by atoms with E-state index in [0.29, 0.717) is 12.0 Å². The number of hydrogen-bond acceptors (Lipinski definition) is 12. The molecule has 1 aromatic heterocycles. The van der Waals surface area contributed by atoms with Crippen molar-refractivity contribution in [1.82, 2.24) is 36.9 Å². The number of aliphatic carboxylic acids is 1. The van der Waals surface area contributed by atoms with E-state index >= 15 is 0 Å². The van der Waals surface area contributed by atoms with Crippen molar-refractivity contribution in [1.29, 1.82) is 0 Å². The summed E-state index contributed by atoms with van der Waals surface area (Å²) in [7, 11) is 0. The number of aromatic amines is 1. The molecule has 0 aliphatic carbocycles. The van der Waals surface area contributed by atoms with Crippen molar-refractivity contribution < 1.29 is 43.8 Å². The van der Waals surface area contributed by atoms with E-state index in [4.69, 9.17) is 40.1 Å². The maximum Gasteiger partial charge on any atom is 0.326 e. The van der Waals surface area contributed by atoms with Crippen LogP contribution in [0.4, 0.5) is 0 Å². The molecule has 26 nitrogen and oxygen atoms in total. The van der Waals surface area contributed by atoms with Crippen molar-refractivity contribution in [2.75, 3.05) is 26.2 Å². The zero-order valence-electron chi connectivity index (χ0n) is 38.1. The smallest absolute Gasteiger partial charge is 0.326 e. The Morgan fingerprint density at radius 1 is 0.597 bits per heavy atom. The standard InChI is InChI=1S/C41H69N17O9/c1-21(2)17-29(56-35(63)28(13-8-16-51-41(47)48)54-33(61)25(42)10-6-14-49-39(43)44)36(64)55-27(12-7-15-50-40(45)46)34(62)53-22(3)32(60)58-31(20-59)37(65)57-30(38(66)67)18-23-19-52-26-11-5-4-9-24(23)26/h4-5,9,11,19,21-22,25,27-31,52,59H,6-8,10,12-18,20,42H2,1-3H3,(H,53,62)(H,54,61)(H,55,64)(H,56,63)(H,57,65)(H,58,60)(H,66,67)(H4,43,44,49)(H4,45,46,50)(H4,47,48,51)/t22-,25-,27-,28-,29-,30-,31-/m0/s1. The Bertz CT molecular complexity index is 2060. The number of amides is 6. The van der Waals surface area contributed by atoms with Gasteiger partial charge in [-0.3, -0.25) is 43.7 Å². The normalized spacial score (nSPS) is 14.1. The van der Waals surface area contributed by atoms with Gasteiger partial charge in [-0.25, -0.2) is 4.79 Å². The van der Waals surface area contributed by atoms with Crippen LogP contribution in [-0.2, 0) is 40.0 Å². The number of aromatic nitrogens is 1. The monoisotopic (exact) mass is 944 g/mol. The third kappa shape index (κ3) is 20.7. The van der Waals surface area contributed by atoms with Crippen LogP contribution < -0.4 is 72.0 Å². The van der Waals surface area contributed by atoms with E-state index in [1.807, 2.05) is 0 Å². The molecule has 0 aliphatic heterocycles. The quantitative estimate of drug-likeness (QED) is 0.0199. The first-order chi connectivity index (χ1) is 31.6. The lowest BCUT2D eigenvalue weighted by Gasteiger charge is -2.27. The molecule has 67 heavy (non-hydrogen) atoms. The molecule has 23 N–H and O–H groups in total. The van der Waals surface area contributed by atoms with E-state index in [0.717, 1.165) is 10.9 Å². The van der Waals surface area contributed by atoms with Crippen molar-refractivity contribution in [2.45, 2.75) is 114 Å². The number of aliphatic hydroxyl groups excluding tert-OH is 1. The van der Waals surface area contributed by atoms with E-state index in [9.17, 15) is 43.8 Å². The van der Waals surface area contributed by atoms with Crippen molar-refractivity contribution in [3.63, 3.8) is 0 Å². The van der Waals surface area contributed by atoms with E-state index in [2.05, 4.69) is 51.9 Å². The van der Waals surface area contributed by atoms with Crippen molar-refractivity contribution in [2.24, 2.45) is 61.0 Å². The van der Waals surface area contributed by atoms with Gasteiger partial charge in [-0.2, -0.15) is 0 Å². The molecule has 0 aliphatic rings. The summed E-state index contributed by atoms with van der Waals surface area (Å²) in [6.45, 7) is 4.38. The Morgan fingerprint density at radius 3 is 1.57 bits per heavy atom.